The van der Waals surface area contributed by atoms with Gasteiger partial charge in [0.15, 0.2) is 0 Å². The molecule has 9 heteroatoms. The van der Waals surface area contributed by atoms with Crippen molar-refractivity contribution in [1.29, 1.82) is 0 Å². The Hall–Kier alpha value is -3.36. The largest absolute Gasteiger partial charge is 0.352 e. The van der Waals surface area contributed by atoms with Crippen LogP contribution in [0, 0.1) is 0 Å². The number of nitrogens with one attached hydrogen (secondary N) is 1. The van der Waals surface area contributed by atoms with Crippen LogP contribution in [0.4, 0.5) is 5.69 Å². The summed E-state index contributed by atoms with van der Waals surface area (Å²) in [5, 5.41) is 3.45. The van der Waals surface area contributed by atoms with E-state index in [-0.39, 0.29) is 29.1 Å². The summed E-state index contributed by atoms with van der Waals surface area (Å²) in [6.07, 6.45) is 5.14. The number of sulfonamides is 1. The number of carbonyl (C=O) groups is 2. The summed E-state index contributed by atoms with van der Waals surface area (Å²) in [7, 11) is -4.11. The first-order chi connectivity index (χ1) is 18.8. The maximum absolute atomic E-state index is 13.9. The molecule has 0 bridgehead atoms. The van der Waals surface area contributed by atoms with Gasteiger partial charge in [0.1, 0.15) is 12.6 Å². The second kappa shape index (κ2) is 13.1. The van der Waals surface area contributed by atoms with Gasteiger partial charge in [0.2, 0.25) is 11.8 Å². The minimum atomic E-state index is -4.11. The molecule has 3 aromatic rings. The number of halogens is 1. The lowest BCUT2D eigenvalue weighted by atomic mass is 9.95. The number of hydrogen-bond acceptors (Lipinski definition) is 4. The summed E-state index contributed by atoms with van der Waals surface area (Å²) >= 11 is 6.21. The standard InChI is InChI=1S/C30H34ClN3O4S/c1-23(30(36)32-26-15-7-3-8-16-26)33(21-24-12-5-2-6-13-24)29(35)22-34(27-17-11-14-25(31)20-27)39(37,38)28-18-9-4-10-19-28/h2,4-6,9-14,17-20,23,26H,3,7-8,15-16,21-22H2,1H3,(H,32,36). The molecule has 1 saturated carbocycles. The Morgan fingerprint density at radius 2 is 1.56 bits per heavy atom. The van der Waals surface area contributed by atoms with Gasteiger partial charge in [0.05, 0.1) is 10.6 Å². The average molecular weight is 568 g/mol. The number of amides is 2. The smallest absolute Gasteiger partial charge is 0.264 e. The summed E-state index contributed by atoms with van der Waals surface area (Å²) in [5.74, 6) is -0.740. The third-order valence-electron chi connectivity index (χ3n) is 7.02. The van der Waals surface area contributed by atoms with E-state index >= 15 is 0 Å². The van der Waals surface area contributed by atoms with Crippen LogP contribution >= 0.6 is 11.6 Å². The minimum absolute atomic E-state index is 0.0514. The molecule has 4 rings (SSSR count). The molecule has 0 spiro atoms. The van der Waals surface area contributed by atoms with Crippen LogP contribution < -0.4 is 9.62 Å². The molecule has 0 radical (unpaired) electrons. The summed E-state index contributed by atoms with van der Waals surface area (Å²) in [4.78, 5) is 28.8. The van der Waals surface area contributed by atoms with E-state index in [4.69, 9.17) is 11.6 Å². The molecular formula is C30H34ClN3O4S. The SMILES string of the molecule is CC(C(=O)NC1CCCCC1)N(Cc1ccccc1)C(=O)CN(c1cccc(Cl)c1)S(=O)(=O)c1ccccc1. The van der Waals surface area contributed by atoms with Crippen LogP contribution in [-0.4, -0.2) is 43.8 Å². The molecular weight excluding hydrogens is 534 g/mol. The Morgan fingerprint density at radius 3 is 2.21 bits per heavy atom. The summed E-state index contributed by atoms with van der Waals surface area (Å²) in [5.41, 5.74) is 1.10. The number of hydrogen-bond donors (Lipinski definition) is 1. The third kappa shape index (κ3) is 7.40. The highest BCUT2D eigenvalue weighted by Gasteiger charge is 2.33. The van der Waals surface area contributed by atoms with Crippen LogP contribution in [0.15, 0.2) is 89.8 Å². The summed E-state index contributed by atoms with van der Waals surface area (Å²) in [6, 6.07) is 23.0. The van der Waals surface area contributed by atoms with Gasteiger partial charge in [-0.2, -0.15) is 0 Å². The fraction of sp³-hybridized carbons (Fsp3) is 0.333. The molecule has 1 atom stereocenters. The Kier molecular flexibility index (Phi) is 9.64. The van der Waals surface area contributed by atoms with Gasteiger partial charge in [-0.15, -0.1) is 0 Å². The lowest BCUT2D eigenvalue weighted by Gasteiger charge is -2.33. The van der Waals surface area contributed by atoms with Crippen molar-refractivity contribution in [2.75, 3.05) is 10.8 Å². The molecule has 0 aromatic heterocycles. The van der Waals surface area contributed by atoms with Gasteiger partial charge < -0.3 is 10.2 Å². The van der Waals surface area contributed by atoms with Crippen molar-refractivity contribution in [1.82, 2.24) is 10.2 Å². The Bertz CT molecular complexity index is 1360. The van der Waals surface area contributed by atoms with Gasteiger partial charge in [-0.1, -0.05) is 85.5 Å². The van der Waals surface area contributed by atoms with Crippen molar-refractivity contribution in [3.05, 3.63) is 95.5 Å². The van der Waals surface area contributed by atoms with Crippen LogP contribution in [0.3, 0.4) is 0 Å². The van der Waals surface area contributed by atoms with Crippen LogP contribution in [-0.2, 0) is 26.2 Å². The van der Waals surface area contributed by atoms with Crippen molar-refractivity contribution in [3.8, 4) is 0 Å². The first-order valence-electron chi connectivity index (χ1n) is 13.2. The quantitative estimate of drug-likeness (QED) is 0.355. The van der Waals surface area contributed by atoms with Crippen molar-refractivity contribution in [2.24, 2.45) is 0 Å². The predicted octanol–water partition coefficient (Wildman–Crippen LogP) is 5.40. The van der Waals surface area contributed by atoms with Gasteiger partial charge >= 0.3 is 0 Å². The Morgan fingerprint density at radius 1 is 0.923 bits per heavy atom. The molecule has 2 amide bonds. The van der Waals surface area contributed by atoms with Crippen LogP contribution in [0.25, 0.3) is 0 Å². The van der Waals surface area contributed by atoms with Crippen LogP contribution in [0.1, 0.15) is 44.6 Å². The van der Waals surface area contributed by atoms with Gasteiger partial charge in [-0.3, -0.25) is 13.9 Å². The van der Waals surface area contributed by atoms with E-state index in [1.807, 2.05) is 30.3 Å². The topological polar surface area (TPSA) is 86.8 Å². The minimum Gasteiger partial charge on any atom is -0.352 e. The highest BCUT2D eigenvalue weighted by molar-refractivity contribution is 7.92. The lowest BCUT2D eigenvalue weighted by molar-refractivity contribution is -0.139. The zero-order valence-electron chi connectivity index (χ0n) is 22.0. The number of carbonyl (C=O) groups excluding carboxylic acids is 2. The fourth-order valence-corrected chi connectivity index (χ4v) is 6.42. The predicted molar refractivity (Wildman–Crippen MR) is 154 cm³/mol. The van der Waals surface area contributed by atoms with E-state index < -0.39 is 28.5 Å². The molecule has 1 unspecified atom stereocenters. The van der Waals surface area contributed by atoms with Gasteiger partial charge in [-0.05, 0) is 55.7 Å². The van der Waals surface area contributed by atoms with E-state index in [0.29, 0.717) is 5.02 Å². The first kappa shape index (κ1) is 28.6. The van der Waals surface area contributed by atoms with E-state index in [2.05, 4.69) is 5.32 Å². The maximum atomic E-state index is 13.9. The number of anilines is 1. The maximum Gasteiger partial charge on any atom is 0.264 e. The van der Waals surface area contributed by atoms with E-state index in [9.17, 15) is 18.0 Å². The highest BCUT2D eigenvalue weighted by atomic mass is 35.5. The highest BCUT2D eigenvalue weighted by Crippen LogP contribution is 2.27. The van der Waals surface area contributed by atoms with E-state index in [0.717, 1.165) is 42.0 Å². The van der Waals surface area contributed by atoms with Crippen molar-refractivity contribution in [2.45, 2.75) is 62.6 Å². The molecule has 1 aliphatic carbocycles. The summed E-state index contributed by atoms with van der Waals surface area (Å²) in [6.45, 7) is 1.35. The zero-order chi connectivity index (χ0) is 27.8. The normalized spacial score (nSPS) is 14.8. The molecule has 7 nitrogen and oxygen atoms in total. The molecule has 1 aliphatic rings. The van der Waals surface area contributed by atoms with E-state index in [1.165, 1.54) is 23.1 Å². The van der Waals surface area contributed by atoms with Gasteiger partial charge in [0, 0.05) is 17.6 Å². The molecule has 39 heavy (non-hydrogen) atoms. The van der Waals surface area contributed by atoms with Gasteiger partial charge in [-0.25, -0.2) is 8.42 Å². The monoisotopic (exact) mass is 567 g/mol. The Labute approximate surface area is 235 Å². The fourth-order valence-electron chi connectivity index (χ4n) is 4.81. The Balaban J connectivity index is 1.65. The molecule has 1 N–H and O–H groups in total. The van der Waals surface area contributed by atoms with E-state index in [1.54, 1.807) is 43.3 Å². The number of benzene rings is 3. The summed E-state index contributed by atoms with van der Waals surface area (Å²) < 4.78 is 28.6. The van der Waals surface area contributed by atoms with Crippen LogP contribution in [0.2, 0.25) is 5.02 Å². The molecule has 0 heterocycles. The average Bonchev–Trinajstić information content (AvgIpc) is 2.95. The molecule has 1 fully saturated rings. The molecule has 0 saturated heterocycles. The van der Waals surface area contributed by atoms with Gasteiger partial charge in [0.25, 0.3) is 10.0 Å². The second-order valence-electron chi connectivity index (χ2n) is 9.83. The molecule has 206 valence electrons. The number of rotatable bonds is 10. The van der Waals surface area contributed by atoms with Crippen molar-refractivity contribution < 1.29 is 18.0 Å². The molecule has 3 aromatic carbocycles. The zero-order valence-corrected chi connectivity index (χ0v) is 23.6. The lowest BCUT2D eigenvalue weighted by Crippen LogP contribution is -2.53. The van der Waals surface area contributed by atoms with Crippen molar-refractivity contribution >= 4 is 39.1 Å². The van der Waals surface area contributed by atoms with Crippen molar-refractivity contribution in [3.63, 3.8) is 0 Å². The third-order valence-corrected chi connectivity index (χ3v) is 9.04. The number of nitrogens with zero attached hydrogens (tertiary/aromatic N) is 2. The van der Waals surface area contributed by atoms with Crippen LogP contribution in [0.5, 0.6) is 0 Å². The second-order valence-corrected chi connectivity index (χ2v) is 12.1. The first-order valence-corrected chi connectivity index (χ1v) is 15.0. The molecule has 0 aliphatic heterocycles.